The molecule has 2 aliphatic heterocycles. The van der Waals surface area contributed by atoms with Gasteiger partial charge in [-0.15, -0.1) is 11.7 Å². The summed E-state index contributed by atoms with van der Waals surface area (Å²) in [5.41, 5.74) is 2.76. The van der Waals surface area contributed by atoms with Gasteiger partial charge in [0.2, 0.25) is 0 Å². The summed E-state index contributed by atoms with van der Waals surface area (Å²) in [5, 5.41) is 13.7. The second-order valence-electron chi connectivity index (χ2n) is 7.40. The highest BCUT2D eigenvalue weighted by atomic mass is 32.2. The molecule has 0 bridgehead atoms. The van der Waals surface area contributed by atoms with E-state index in [4.69, 9.17) is 9.84 Å². The van der Waals surface area contributed by atoms with Crippen LogP contribution < -0.4 is 15.4 Å². The van der Waals surface area contributed by atoms with Gasteiger partial charge in [-0.3, -0.25) is 9.80 Å². The molecule has 0 unspecified atom stereocenters. The Balaban J connectivity index is 1.53. The average molecular weight is 443 g/mol. The van der Waals surface area contributed by atoms with Crippen LogP contribution in [0.3, 0.4) is 0 Å². The number of thioether (sulfide) groups is 1. The predicted molar refractivity (Wildman–Crippen MR) is 129 cm³/mol. The Labute approximate surface area is 191 Å². The van der Waals surface area contributed by atoms with Gasteiger partial charge in [0.15, 0.2) is 11.2 Å². The summed E-state index contributed by atoms with van der Waals surface area (Å²) >= 11 is 1.45. The maximum atomic E-state index is 13.1. The van der Waals surface area contributed by atoms with Gasteiger partial charge in [-0.25, -0.2) is 0 Å². The van der Waals surface area contributed by atoms with Crippen LogP contribution in [0.1, 0.15) is 23.3 Å². The number of hydrogen-bond acceptors (Lipinski definition) is 6. The molecule has 6 nitrogen and oxygen atoms in total. The summed E-state index contributed by atoms with van der Waals surface area (Å²) < 4.78 is 6.03. The average Bonchev–Trinajstić information content (AvgIpc) is 2.83. The van der Waals surface area contributed by atoms with Gasteiger partial charge in [0, 0.05) is 17.0 Å². The van der Waals surface area contributed by atoms with Crippen LogP contribution in [0.2, 0.25) is 0 Å². The molecule has 2 aliphatic rings. The first-order valence-corrected chi connectivity index (χ1v) is 11.3. The molecule has 0 spiro atoms. The molecule has 7 heteroatoms. The van der Waals surface area contributed by atoms with E-state index in [9.17, 15) is 4.79 Å². The first-order valence-electron chi connectivity index (χ1n) is 10.3. The number of anilines is 1. The number of ether oxygens (including phenoxy) is 1. The van der Waals surface area contributed by atoms with Crippen molar-refractivity contribution in [2.24, 2.45) is 5.10 Å². The van der Waals surface area contributed by atoms with E-state index < -0.39 is 6.04 Å². The van der Waals surface area contributed by atoms with Gasteiger partial charge in [-0.05, 0) is 35.9 Å². The normalized spacial score (nSPS) is 19.1. The quantitative estimate of drug-likeness (QED) is 0.527. The minimum absolute atomic E-state index is 0.0952. The number of hydrogen-bond donors (Lipinski definition) is 2. The lowest BCUT2D eigenvalue weighted by atomic mass is 9.97. The van der Waals surface area contributed by atoms with E-state index in [0.29, 0.717) is 10.9 Å². The Kier molecular flexibility index (Phi) is 5.56. The summed E-state index contributed by atoms with van der Waals surface area (Å²) in [4.78, 5) is 13.1. The lowest BCUT2D eigenvalue weighted by molar-refractivity contribution is -0.127. The standard InChI is InChI=1S/C25H22N4O2S/c1-2-15-32-25-27-24(30)22-20-13-6-7-14-21(20)26-23(29(22)28-25)17-9-8-12-19(16-17)31-18-10-4-3-5-11-18/h2-14,16,22-23,26H,1,15H2,(H,27,28,30)/t22-,23-/m0/s1. The third kappa shape index (κ3) is 3.94. The number of nitrogens with zero attached hydrogens (tertiary/aromatic N) is 2. The van der Waals surface area contributed by atoms with Gasteiger partial charge in [-0.2, -0.15) is 0 Å². The number of amidine groups is 1. The second kappa shape index (κ2) is 8.80. The summed E-state index contributed by atoms with van der Waals surface area (Å²) in [6.45, 7) is 3.75. The lowest BCUT2D eigenvalue weighted by Crippen LogP contribution is -2.50. The molecule has 0 saturated heterocycles. The molecular formula is C25H22N4O2S. The van der Waals surface area contributed by atoms with Crippen LogP contribution in [0, 0.1) is 0 Å². The van der Waals surface area contributed by atoms with E-state index in [1.807, 2.05) is 83.9 Å². The van der Waals surface area contributed by atoms with Gasteiger partial charge < -0.3 is 15.4 Å². The largest absolute Gasteiger partial charge is 0.457 e. The molecule has 0 saturated carbocycles. The minimum Gasteiger partial charge on any atom is -0.457 e. The molecule has 1 amide bonds. The first-order chi connectivity index (χ1) is 15.7. The number of carbonyl (C=O) groups excluding carboxylic acids is 1. The van der Waals surface area contributed by atoms with Gasteiger partial charge >= 0.3 is 0 Å². The fourth-order valence-corrected chi connectivity index (χ4v) is 4.46. The molecule has 3 aromatic carbocycles. The zero-order chi connectivity index (χ0) is 21.9. The molecule has 0 fully saturated rings. The van der Waals surface area contributed by atoms with Crippen LogP contribution in [0.15, 0.2) is 96.6 Å². The van der Waals surface area contributed by atoms with Crippen molar-refractivity contribution in [3.63, 3.8) is 0 Å². The van der Waals surface area contributed by atoms with Crippen LogP contribution in [0.25, 0.3) is 0 Å². The van der Waals surface area contributed by atoms with Crippen molar-refractivity contribution in [2.45, 2.75) is 12.2 Å². The second-order valence-corrected chi connectivity index (χ2v) is 8.41. The SMILES string of the molecule is C=CCSC1=NN2[C@@H](c3cccc(Oc4ccccc4)c3)Nc3ccccc3[C@H]2C(=O)N1. The molecular weight excluding hydrogens is 420 g/mol. The molecule has 160 valence electrons. The Morgan fingerprint density at radius 3 is 2.66 bits per heavy atom. The van der Waals surface area contributed by atoms with Crippen molar-refractivity contribution in [3.05, 3.63) is 103 Å². The Morgan fingerprint density at radius 1 is 1.03 bits per heavy atom. The highest BCUT2D eigenvalue weighted by molar-refractivity contribution is 8.14. The monoisotopic (exact) mass is 442 g/mol. The summed E-state index contributed by atoms with van der Waals surface area (Å²) in [6.07, 6.45) is 1.46. The lowest BCUT2D eigenvalue weighted by Gasteiger charge is -2.43. The number of rotatable bonds is 5. The molecule has 0 aliphatic carbocycles. The third-order valence-electron chi connectivity index (χ3n) is 5.25. The molecule has 0 radical (unpaired) electrons. The topological polar surface area (TPSA) is 66.0 Å². The third-order valence-corrected chi connectivity index (χ3v) is 6.11. The minimum atomic E-state index is -0.524. The fourth-order valence-electron chi connectivity index (χ4n) is 3.86. The Bertz CT molecular complexity index is 1180. The number of para-hydroxylation sites is 2. The van der Waals surface area contributed by atoms with E-state index >= 15 is 0 Å². The summed E-state index contributed by atoms with van der Waals surface area (Å²) in [6, 6.07) is 24.8. The van der Waals surface area contributed by atoms with Crippen molar-refractivity contribution >= 4 is 28.5 Å². The van der Waals surface area contributed by atoms with E-state index in [-0.39, 0.29) is 12.1 Å². The number of amides is 1. The van der Waals surface area contributed by atoms with Crippen LogP contribution in [0.5, 0.6) is 11.5 Å². The Morgan fingerprint density at radius 2 is 1.81 bits per heavy atom. The Hall–Kier alpha value is -3.71. The summed E-state index contributed by atoms with van der Waals surface area (Å²) in [7, 11) is 0. The highest BCUT2D eigenvalue weighted by Crippen LogP contribution is 2.43. The molecule has 0 aromatic heterocycles. The van der Waals surface area contributed by atoms with Crippen molar-refractivity contribution in [2.75, 3.05) is 11.1 Å². The number of carbonyl (C=O) groups is 1. The fraction of sp³-hybridized carbons (Fsp3) is 0.120. The highest BCUT2D eigenvalue weighted by Gasteiger charge is 2.42. The van der Waals surface area contributed by atoms with E-state index in [2.05, 4.69) is 17.2 Å². The number of benzene rings is 3. The van der Waals surface area contributed by atoms with Crippen molar-refractivity contribution < 1.29 is 9.53 Å². The van der Waals surface area contributed by atoms with Gasteiger partial charge in [0.25, 0.3) is 5.91 Å². The summed E-state index contributed by atoms with van der Waals surface area (Å²) in [5.74, 6) is 2.05. The first kappa shape index (κ1) is 20.2. The predicted octanol–water partition coefficient (Wildman–Crippen LogP) is 5.27. The zero-order valence-corrected chi connectivity index (χ0v) is 18.1. The molecule has 32 heavy (non-hydrogen) atoms. The van der Waals surface area contributed by atoms with E-state index in [1.54, 1.807) is 6.08 Å². The van der Waals surface area contributed by atoms with Crippen molar-refractivity contribution in [1.82, 2.24) is 10.3 Å². The number of fused-ring (bicyclic) bond motifs is 3. The van der Waals surface area contributed by atoms with Crippen LogP contribution in [0.4, 0.5) is 5.69 Å². The van der Waals surface area contributed by atoms with Crippen molar-refractivity contribution in [1.29, 1.82) is 0 Å². The van der Waals surface area contributed by atoms with Gasteiger partial charge in [-0.1, -0.05) is 66.4 Å². The molecule has 2 heterocycles. The number of hydrazone groups is 1. The maximum absolute atomic E-state index is 13.1. The van der Waals surface area contributed by atoms with E-state index in [1.165, 1.54) is 11.8 Å². The van der Waals surface area contributed by atoms with Gasteiger partial charge in [0.05, 0.1) is 0 Å². The van der Waals surface area contributed by atoms with Crippen LogP contribution in [-0.4, -0.2) is 21.8 Å². The van der Waals surface area contributed by atoms with Crippen LogP contribution >= 0.6 is 11.8 Å². The molecule has 2 atom stereocenters. The molecule has 3 aromatic rings. The molecule has 5 rings (SSSR count). The van der Waals surface area contributed by atoms with E-state index in [0.717, 1.165) is 28.3 Å². The molecule has 2 N–H and O–H groups in total. The van der Waals surface area contributed by atoms with Crippen LogP contribution in [-0.2, 0) is 4.79 Å². The smallest absolute Gasteiger partial charge is 0.255 e. The van der Waals surface area contributed by atoms with Gasteiger partial charge in [0.1, 0.15) is 17.7 Å². The number of nitrogens with one attached hydrogen (secondary N) is 2. The zero-order valence-electron chi connectivity index (χ0n) is 17.3. The maximum Gasteiger partial charge on any atom is 0.255 e. The van der Waals surface area contributed by atoms with Crippen molar-refractivity contribution in [3.8, 4) is 11.5 Å².